The molecule has 43 heavy (non-hydrogen) atoms. The number of hydrogen-bond acceptors (Lipinski definition) is 8. The highest BCUT2D eigenvalue weighted by Gasteiger charge is 2.73. The highest BCUT2D eigenvalue weighted by atomic mass is 16.6. The van der Waals surface area contributed by atoms with E-state index in [9.17, 15) is 24.3 Å². The van der Waals surface area contributed by atoms with Gasteiger partial charge in [0.1, 0.15) is 23.7 Å². The molecule has 2 saturated heterocycles. The predicted octanol–water partition coefficient (Wildman–Crippen LogP) is 1.52. The van der Waals surface area contributed by atoms with Crippen LogP contribution in [0.3, 0.4) is 0 Å². The molecule has 3 amide bonds. The van der Waals surface area contributed by atoms with Gasteiger partial charge < -0.3 is 34.4 Å². The molecule has 0 unspecified atom stereocenters. The summed E-state index contributed by atoms with van der Waals surface area (Å²) in [5, 5.41) is 12.9. The summed E-state index contributed by atoms with van der Waals surface area (Å²) in [6.07, 6.45) is 7.80. The molecule has 4 aliphatic heterocycles. The number of likely N-dealkylation sites (tertiary alicyclic amines) is 1. The fraction of sp³-hybridized carbons (Fsp3) is 0.562. The van der Waals surface area contributed by atoms with E-state index in [0.29, 0.717) is 25.1 Å². The van der Waals surface area contributed by atoms with E-state index in [0.717, 1.165) is 12.8 Å². The van der Waals surface area contributed by atoms with Crippen LogP contribution in [-0.4, -0.2) is 102 Å². The number of aliphatic hydroxyl groups excluding tert-OH is 1. The number of nitrogens with one attached hydrogen (secondary N) is 1. The second-order valence-electron chi connectivity index (χ2n) is 11.5. The number of nitrogens with zero attached hydrogens (tertiary/aromatic N) is 2. The van der Waals surface area contributed by atoms with Crippen LogP contribution < -0.4 is 5.32 Å². The Morgan fingerprint density at radius 1 is 1.09 bits per heavy atom. The lowest BCUT2D eigenvalue weighted by Crippen LogP contribution is -2.56. The molecular weight excluding hydrogens is 554 g/mol. The molecule has 5 bridgehead atoms. The van der Waals surface area contributed by atoms with Gasteiger partial charge >= 0.3 is 5.97 Å². The van der Waals surface area contributed by atoms with Crippen LogP contribution in [0, 0.1) is 11.8 Å². The Morgan fingerprint density at radius 2 is 1.88 bits per heavy atom. The van der Waals surface area contributed by atoms with Crippen molar-refractivity contribution in [3.8, 4) is 0 Å². The number of benzene rings is 1. The molecule has 11 nitrogen and oxygen atoms in total. The average molecular weight is 596 g/mol. The van der Waals surface area contributed by atoms with Gasteiger partial charge in [0.05, 0.1) is 31.3 Å². The minimum Gasteiger partial charge on any atom is -0.455 e. The Hall–Kier alpha value is -3.54. The number of unbranched alkanes of at least 4 members (excludes halogenated alkanes) is 1. The smallest absolute Gasteiger partial charge is 0.313 e. The van der Waals surface area contributed by atoms with Gasteiger partial charge in [0, 0.05) is 33.2 Å². The Bertz CT molecular complexity index is 1250. The summed E-state index contributed by atoms with van der Waals surface area (Å²) < 4.78 is 18.0. The number of hydrogen-bond donors (Lipinski definition) is 2. The standard InChI is InChI=1S/C32H41N3O8/c1-3-4-16-34-17-10-6-9-13-24(37)33-22(20-41-2)27(21-11-7-5-8-12-21)42-31(40)25-23-14-15-32(43-23)26(25)29(38)35(18-19-36)28(32)30(34)39/h5-8,10-12,14-15,22-23,25-28,36H,3-4,9,13,16-20H2,1-2H3,(H,33,37)/b10-6-/t22-,23+,25-,26-,27-,28+,32-/m0/s1. The van der Waals surface area contributed by atoms with Crippen LogP contribution >= 0.6 is 0 Å². The van der Waals surface area contributed by atoms with E-state index >= 15 is 0 Å². The minimum atomic E-state index is -1.36. The van der Waals surface area contributed by atoms with E-state index in [1.165, 1.54) is 12.0 Å². The first kappa shape index (κ1) is 30.9. The molecule has 0 radical (unpaired) electrons. The van der Waals surface area contributed by atoms with Gasteiger partial charge in [-0.1, -0.05) is 68.0 Å². The lowest BCUT2D eigenvalue weighted by Gasteiger charge is -2.35. The van der Waals surface area contributed by atoms with Crippen LogP contribution in [0.25, 0.3) is 0 Å². The van der Waals surface area contributed by atoms with Crippen molar-refractivity contribution in [2.45, 2.75) is 62.5 Å². The van der Waals surface area contributed by atoms with Gasteiger partial charge in [0.2, 0.25) is 17.7 Å². The molecule has 1 aromatic rings. The quantitative estimate of drug-likeness (QED) is 0.341. The van der Waals surface area contributed by atoms with Crippen molar-refractivity contribution in [2.75, 3.05) is 40.0 Å². The first-order valence-electron chi connectivity index (χ1n) is 15.1. The summed E-state index contributed by atoms with van der Waals surface area (Å²) >= 11 is 0. The largest absolute Gasteiger partial charge is 0.455 e. The molecule has 4 heterocycles. The number of ether oxygens (including phenoxy) is 3. The van der Waals surface area contributed by atoms with Crippen LogP contribution in [-0.2, 0) is 33.4 Å². The Labute approximate surface area is 251 Å². The summed E-state index contributed by atoms with van der Waals surface area (Å²) in [5.41, 5.74) is -0.702. The first-order valence-corrected chi connectivity index (χ1v) is 15.1. The van der Waals surface area contributed by atoms with E-state index in [2.05, 4.69) is 5.32 Å². The third-order valence-electron chi connectivity index (χ3n) is 8.77. The van der Waals surface area contributed by atoms with Gasteiger partial charge in [0.25, 0.3) is 0 Å². The SMILES string of the molecule is CCCCN1C/C=C\CCC(=O)N[C@@H](COC)[C@H](c2ccccc2)OC(=O)[C@@H]2[C@H]3C(=O)N(CCO)[C@H](C1=O)[C@]31C=C[C@H]2O1. The molecule has 1 aromatic carbocycles. The van der Waals surface area contributed by atoms with Crippen molar-refractivity contribution in [3.05, 3.63) is 60.2 Å². The highest BCUT2D eigenvalue weighted by Crippen LogP contribution is 2.55. The van der Waals surface area contributed by atoms with Crippen molar-refractivity contribution in [3.63, 3.8) is 0 Å². The van der Waals surface area contributed by atoms with Crippen LogP contribution in [0.15, 0.2) is 54.6 Å². The number of esters is 1. The van der Waals surface area contributed by atoms with Gasteiger partial charge in [-0.2, -0.15) is 0 Å². The van der Waals surface area contributed by atoms with Crippen LogP contribution in [0.5, 0.6) is 0 Å². The summed E-state index contributed by atoms with van der Waals surface area (Å²) in [5.74, 6) is -3.63. The third-order valence-corrected chi connectivity index (χ3v) is 8.77. The van der Waals surface area contributed by atoms with E-state index in [4.69, 9.17) is 14.2 Å². The van der Waals surface area contributed by atoms with Gasteiger partial charge in [-0.25, -0.2) is 0 Å². The normalized spacial score (nSPS) is 33.5. The average Bonchev–Trinajstić information content (AvgIpc) is 3.64. The Kier molecular flexibility index (Phi) is 9.63. The summed E-state index contributed by atoms with van der Waals surface area (Å²) in [6.45, 7) is 2.46. The molecule has 0 saturated carbocycles. The van der Waals surface area contributed by atoms with Crippen LogP contribution in [0.2, 0.25) is 0 Å². The fourth-order valence-electron chi connectivity index (χ4n) is 6.80. The van der Waals surface area contributed by atoms with Crippen molar-refractivity contribution in [1.29, 1.82) is 0 Å². The number of aliphatic hydroxyl groups is 1. The van der Waals surface area contributed by atoms with Crippen molar-refractivity contribution in [2.24, 2.45) is 11.8 Å². The molecule has 2 fully saturated rings. The maximum atomic E-state index is 14.3. The van der Waals surface area contributed by atoms with E-state index in [1.54, 1.807) is 29.2 Å². The minimum absolute atomic E-state index is 0.0663. The molecule has 5 rings (SSSR count). The highest BCUT2D eigenvalue weighted by molar-refractivity contribution is 5.99. The Morgan fingerprint density at radius 3 is 2.60 bits per heavy atom. The van der Waals surface area contributed by atoms with Crippen molar-refractivity contribution >= 4 is 23.7 Å². The maximum absolute atomic E-state index is 14.3. The van der Waals surface area contributed by atoms with E-state index in [-0.39, 0.29) is 38.0 Å². The Balaban J connectivity index is 1.57. The molecule has 11 heteroatoms. The molecule has 2 N–H and O–H groups in total. The lowest BCUT2D eigenvalue weighted by atomic mass is 9.74. The van der Waals surface area contributed by atoms with Gasteiger partial charge in [-0.05, 0) is 18.4 Å². The van der Waals surface area contributed by atoms with Crippen molar-refractivity contribution in [1.82, 2.24) is 15.1 Å². The maximum Gasteiger partial charge on any atom is 0.313 e. The topological polar surface area (TPSA) is 135 Å². The zero-order valence-corrected chi connectivity index (χ0v) is 24.7. The number of carbonyl (C=O) groups is 4. The summed E-state index contributed by atoms with van der Waals surface area (Å²) in [7, 11) is 1.51. The predicted molar refractivity (Wildman–Crippen MR) is 155 cm³/mol. The molecule has 232 valence electrons. The van der Waals surface area contributed by atoms with Crippen LogP contribution in [0.4, 0.5) is 0 Å². The van der Waals surface area contributed by atoms with Crippen LogP contribution in [0.1, 0.15) is 44.3 Å². The van der Waals surface area contributed by atoms with Gasteiger partial charge in [-0.3, -0.25) is 19.2 Å². The number of methoxy groups -OCH3 is 1. The summed E-state index contributed by atoms with van der Waals surface area (Å²) in [6, 6.07) is 7.34. The first-order chi connectivity index (χ1) is 20.9. The van der Waals surface area contributed by atoms with Crippen molar-refractivity contribution < 1.29 is 38.5 Å². The van der Waals surface area contributed by atoms with E-state index < -0.39 is 53.6 Å². The number of fused-ring (bicyclic) bond motifs is 2. The molecule has 1 spiro atoms. The molecule has 0 aliphatic carbocycles. The van der Waals surface area contributed by atoms with Gasteiger partial charge in [-0.15, -0.1) is 0 Å². The number of allylic oxidation sites excluding steroid dienone is 1. The molecule has 7 atom stereocenters. The zero-order chi connectivity index (χ0) is 30.6. The molecule has 4 aliphatic rings. The third kappa shape index (κ3) is 5.85. The molecular formula is C32H41N3O8. The zero-order valence-electron chi connectivity index (χ0n) is 24.7. The number of rotatable bonds is 8. The second kappa shape index (κ2) is 13.4. The number of β-amino-alcohol motifs (C(OH)–C–C–N with tert-alkyl or cyclic N) is 1. The number of amides is 3. The molecule has 0 aromatic heterocycles. The van der Waals surface area contributed by atoms with Gasteiger partial charge in [0.15, 0.2) is 0 Å². The number of carbonyl (C=O) groups excluding carboxylic acids is 4. The fourth-order valence-corrected chi connectivity index (χ4v) is 6.80. The second-order valence-corrected chi connectivity index (χ2v) is 11.5. The summed E-state index contributed by atoms with van der Waals surface area (Å²) in [4.78, 5) is 58.4. The monoisotopic (exact) mass is 595 g/mol. The lowest BCUT2D eigenvalue weighted by molar-refractivity contribution is -0.162. The van der Waals surface area contributed by atoms with E-state index in [1.807, 2.05) is 37.3 Å². The number of cyclic esters (lactones) is 1.